The second kappa shape index (κ2) is 5.84. The van der Waals surface area contributed by atoms with E-state index in [4.69, 9.17) is 0 Å². The number of aryl methyl sites for hydroxylation is 1. The standard InChI is InChI=1S/C20H18FN3O/c1-13(24-12-15-5-3-4-6-18(15)20(24)25)17-8-7-14(9-19(17)21)16-10-22-23(2)11-16/h3-11,13H,12H2,1-2H3/t13-/m0/s1. The molecule has 2 aromatic carbocycles. The molecule has 1 aromatic heterocycles. The van der Waals surface area contributed by atoms with Crippen LogP contribution in [0.3, 0.4) is 0 Å². The SMILES string of the molecule is C[C@@H](c1ccc(-c2cnn(C)c2)cc1F)N1Cc2ccccc2C1=O. The molecule has 0 unspecified atom stereocenters. The first-order chi connectivity index (χ1) is 12.0. The van der Waals surface area contributed by atoms with E-state index in [-0.39, 0.29) is 17.8 Å². The van der Waals surface area contributed by atoms with E-state index in [0.29, 0.717) is 17.7 Å². The van der Waals surface area contributed by atoms with Crippen molar-refractivity contribution in [2.75, 3.05) is 0 Å². The van der Waals surface area contributed by atoms with E-state index >= 15 is 0 Å². The van der Waals surface area contributed by atoms with E-state index < -0.39 is 0 Å². The van der Waals surface area contributed by atoms with Crippen LogP contribution in [-0.2, 0) is 13.6 Å². The molecule has 0 saturated heterocycles. The first-order valence-corrected chi connectivity index (χ1v) is 8.22. The Bertz CT molecular complexity index is 963. The van der Waals surface area contributed by atoms with Crippen LogP contribution in [0.2, 0.25) is 0 Å². The van der Waals surface area contributed by atoms with E-state index in [0.717, 1.165) is 16.7 Å². The van der Waals surface area contributed by atoms with Crippen molar-refractivity contribution in [3.8, 4) is 11.1 Å². The summed E-state index contributed by atoms with van der Waals surface area (Å²) in [6, 6.07) is 12.4. The lowest BCUT2D eigenvalue weighted by molar-refractivity contribution is 0.0713. The van der Waals surface area contributed by atoms with Gasteiger partial charge in [0.05, 0.1) is 12.2 Å². The van der Waals surface area contributed by atoms with Crippen molar-refractivity contribution in [1.29, 1.82) is 0 Å². The summed E-state index contributed by atoms with van der Waals surface area (Å²) in [5, 5.41) is 4.12. The number of halogens is 1. The highest BCUT2D eigenvalue weighted by Gasteiger charge is 2.32. The molecular weight excluding hydrogens is 317 g/mol. The third-order valence-corrected chi connectivity index (χ3v) is 4.81. The number of benzene rings is 2. The Morgan fingerprint density at radius 2 is 1.96 bits per heavy atom. The zero-order valence-corrected chi connectivity index (χ0v) is 14.1. The minimum atomic E-state index is -0.331. The summed E-state index contributed by atoms with van der Waals surface area (Å²) in [4.78, 5) is 14.3. The Morgan fingerprint density at radius 1 is 1.16 bits per heavy atom. The quantitative estimate of drug-likeness (QED) is 0.727. The Morgan fingerprint density at radius 3 is 2.64 bits per heavy atom. The number of aromatic nitrogens is 2. The molecule has 4 rings (SSSR count). The summed E-state index contributed by atoms with van der Waals surface area (Å²) in [5.74, 6) is -0.351. The molecule has 0 spiro atoms. The summed E-state index contributed by atoms with van der Waals surface area (Å²) in [5.41, 5.74) is 3.87. The molecule has 0 bridgehead atoms. The normalized spacial score (nSPS) is 14.7. The average Bonchev–Trinajstić information content (AvgIpc) is 3.18. The van der Waals surface area contributed by atoms with Gasteiger partial charge in [-0.05, 0) is 30.2 Å². The molecule has 1 aliphatic rings. The first-order valence-electron chi connectivity index (χ1n) is 8.22. The molecule has 126 valence electrons. The number of rotatable bonds is 3. The van der Waals surface area contributed by atoms with E-state index in [1.165, 1.54) is 6.07 Å². The van der Waals surface area contributed by atoms with Crippen molar-refractivity contribution >= 4 is 5.91 Å². The number of hydrogen-bond acceptors (Lipinski definition) is 2. The van der Waals surface area contributed by atoms with Crippen molar-refractivity contribution in [3.05, 3.63) is 77.4 Å². The number of fused-ring (bicyclic) bond motifs is 1. The van der Waals surface area contributed by atoms with Crippen LogP contribution in [0.5, 0.6) is 0 Å². The third-order valence-electron chi connectivity index (χ3n) is 4.81. The van der Waals surface area contributed by atoms with Crippen molar-refractivity contribution in [3.63, 3.8) is 0 Å². The number of carbonyl (C=O) groups excluding carboxylic acids is 1. The summed E-state index contributed by atoms with van der Waals surface area (Å²) in [6.45, 7) is 2.38. The van der Waals surface area contributed by atoms with Crippen LogP contribution in [0.1, 0.15) is 34.5 Å². The molecule has 0 aliphatic carbocycles. The fourth-order valence-electron chi connectivity index (χ4n) is 3.37. The van der Waals surface area contributed by atoms with E-state index in [1.54, 1.807) is 21.8 Å². The molecule has 0 radical (unpaired) electrons. The molecule has 0 saturated carbocycles. The van der Waals surface area contributed by atoms with E-state index in [1.807, 2.05) is 50.5 Å². The highest BCUT2D eigenvalue weighted by Crippen LogP contribution is 2.33. The second-order valence-electron chi connectivity index (χ2n) is 6.41. The van der Waals surface area contributed by atoms with Crippen LogP contribution >= 0.6 is 0 Å². The maximum atomic E-state index is 14.7. The highest BCUT2D eigenvalue weighted by atomic mass is 19.1. The smallest absolute Gasteiger partial charge is 0.255 e. The van der Waals surface area contributed by atoms with E-state index in [9.17, 15) is 9.18 Å². The minimum Gasteiger partial charge on any atom is -0.327 e. The minimum absolute atomic E-state index is 0.0427. The molecule has 3 aromatic rings. The zero-order chi connectivity index (χ0) is 17.6. The molecule has 2 heterocycles. The molecule has 0 fully saturated rings. The van der Waals surface area contributed by atoms with Gasteiger partial charge in [0.2, 0.25) is 0 Å². The Balaban J connectivity index is 1.63. The fraction of sp³-hybridized carbons (Fsp3) is 0.200. The van der Waals surface area contributed by atoms with Crippen molar-refractivity contribution < 1.29 is 9.18 Å². The molecule has 4 nitrogen and oxygen atoms in total. The topological polar surface area (TPSA) is 38.1 Å². The summed E-state index contributed by atoms with van der Waals surface area (Å²) >= 11 is 0. The fourth-order valence-corrected chi connectivity index (χ4v) is 3.37. The first kappa shape index (κ1) is 15.6. The molecule has 25 heavy (non-hydrogen) atoms. The van der Waals surface area contributed by atoms with Gasteiger partial charge in [0.25, 0.3) is 5.91 Å². The van der Waals surface area contributed by atoms with Gasteiger partial charge >= 0.3 is 0 Å². The number of hydrogen-bond donors (Lipinski definition) is 0. The highest BCUT2D eigenvalue weighted by molar-refractivity contribution is 5.98. The summed E-state index contributed by atoms with van der Waals surface area (Å²) < 4.78 is 16.4. The van der Waals surface area contributed by atoms with Gasteiger partial charge in [-0.1, -0.05) is 30.3 Å². The third kappa shape index (κ3) is 2.61. The van der Waals surface area contributed by atoms with Gasteiger partial charge < -0.3 is 4.90 Å². The zero-order valence-electron chi connectivity index (χ0n) is 14.1. The number of carbonyl (C=O) groups is 1. The van der Waals surface area contributed by atoms with Gasteiger partial charge in [-0.25, -0.2) is 4.39 Å². The van der Waals surface area contributed by atoms with Crippen LogP contribution in [0.4, 0.5) is 4.39 Å². The van der Waals surface area contributed by atoms with Gasteiger partial charge in [-0.3, -0.25) is 9.48 Å². The maximum absolute atomic E-state index is 14.7. The van der Waals surface area contributed by atoms with Gasteiger partial charge in [-0.15, -0.1) is 0 Å². The van der Waals surface area contributed by atoms with E-state index in [2.05, 4.69) is 5.10 Å². The Labute approximate surface area is 145 Å². The summed E-state index contributed by atoms with van der Waals surface area (Å²) in [7, 11) is 1.83. The predicted octanol–water partition coefficient (Wildman–Crippen LogP) is 3.94. The number of amides is 1. The largest absolute Gasteiger partial charge is 0.327 e. The molecule has 5 heteroatoms. The lowest BCUT2D eigenvalue weighted by atomic mass is 10.0. The maximum Gasteiger partial charge on any atom is 0.255 e. The molecule has 1 atom stereocenters. The average molecular weight is 335 g/mol. The van der Waals surface area contributed by atoms with Crippen molar-refractivity contribution in [2.45, 2.75) is 19.5 Å². The predicted molar refractivity (Wildman–Crippen MR) is 93.3 cm³/mol. The number of nitrogens with zero attached hydrogens (tertiary/aromatic N) is 3. The Kier molecular flexibility index (Phi) is 3.64. The van der Waals surface area contributed by atoms with Crippen LogP contribution < -0.4 is 0 Å². The van der Waals surface area contributed by atoms with Crippen LogP contribution in [0.25, 0.3) is 11.1 Å². The van der Waals surface area contributed by atoms with Crippen molar-refractivity contribution in [2.24, 2.45) is 7.05 Å². The van der Waals surface area contributed by atoms with Crippen molar-refractivity contribution in [1.82, 2.24) is 14.7 Å². The molecule has 1 aliphatic heterocycles. The molecular formula is C20H18FN3O. The Hall–Kier alpha value is -2.95. The van der Waals surface area contributed by atoms with Gasteiger partial charge in [0, 0.05) is 36.5 Å². The lowest BCUT2D eigenvalue weighted by Crippen LogP contribution is -2.27. The van der Waals surface area contributed by atoms with Crippen LogP contribution in [0, 0.1) is 5.82 Å². The molecule has 0 N–H and O–H groups in total. The van der Waals surface area contributed by atoms with Gasteiger partial charge in [0.1, 0.15) is 5.82 Å². The van der Waals surface area contributed by atoms with Crippen LogP contribution in [-0.4, -0.2) is 20.6 Å². The second-order valence-corrected chi connectivity index (χ2v) is 6.41. The van der Waals surface area contributed by atoms with Crippen LogP contribution in [0.15, 0.2) is 54.9 Å². The molecule has 1 amide bonds. The van der Waals surface area contributed by atoms with Gasteiger partial charge in [0.15, 0.2) is 0 Å². The lowest BCUT2D eigenvalue weighted by Gasteiger charge is -2.25. The van der Waals surface area contributed by atoms with Gasteiger partial charge in [-0.2, -0.15) is 5.10 Å². The summed E-state index contributed by atoms with van der Waals surface area (Å²) in [6.07, 6.45) is 3.55. The monoisotopic (exact) mass is 335 g/mol.